The van der Waals surface area contributed by atoms with Gasteiger partial charge in [-0.25, -0.2) is 0 Å². The fraction of sp³-hybridized carbons (Fsp3) is 0.200. The van der Waals surface area contributed by atoms with E-state index in [4.69, 9.17) is 4.42 Å². The number of nitrogens with one attached hydrogen (secondary N) is 1. The topological polar surface area (TPSA) is 69.6 Å². The average Bonchev–Trinajstić information content (AvgIpc) is 3.47. The van der Waals surface area contributed by atoms with Crippen molar-refractivity contribution in [2.45, 2.75) is 6.42 Å². The number of para-hydroxylation sites is 1. The predicted octanol–water partition coefficient (Wildman–Crippen LogP) is 3.96. The summed E-state index contributed by atoms with van der Waals surface area (Å²) in [5.41, 5.74) is 3.78. The Morgan fingerprint density at radius 3 is 2.39 bits per heavy atom. The molecule has 1 fully saturated rings. The summed E-state index contributed by atoms with van der Waals surface area (Å²) in [7, 11) is 0. The van der Waals surface area contributed by atoms with Gasteiger partial charge in [-0.3, -0.25) is 9.59 Å². The third-order valence-electron chi connectivity index (χ3n) is 5.88. The molecule has 31 heavy (non-hydrogen) atoms. The molecule has 2 aromatic carbocycles. The number of furan rings is 1. The smallest absolute Gasteiger partial charge is 0.290 e. The molecule has 4 aromatic rings. The molecule has 6 nitrogen and oxygen atoms in total. The lowest BCUT2D eigenvalue weighted by Gasteiger charge is -2.34. The molecule has 1 aliphatic rings. The summed E-state index contributed by atoms with van der Waals surface area (Å²) in [4.78, 5) is 32.7. The third-order valence-corrected chi connectivity index (χ3v) is 5.88. The van der Waals surface area contributed by atoms with Gasteiger partial charge in [-0.2, -0.15) is 0 Å². The lowest BCUT2D eigenvalue weighted by Crippen LogP contribution is -2.51. The maximum atomic E-state index is 13.1. The molecule has 0 saturated carbocycles. The van der Waals surface area contributed by atoms with Crippen molar-refractivity contribution in [3.05, 3.63) is 84.4 Å². The first-order valence-corrected chi connectivity index (χ1v) is 10.5. The van der Waals surface area contributed by atoms with Crippen molar-refractivity contribution >= 4 is 22.7 Å². The zero-order chi connectivity index (χ0) is 21.2. The molecule has 1 saturated heterocycles. The number of benzene rings is 2. The highest BCUT2D eigenvalue weighted by Gasteiger charge is 2.28. The Balaban J connectivity index is 1.23. The average molecular weight is 413 g/mol. The molecule has 5 rings (SSSR count). The van der Waals surface area contributed by atoms with Crippen LogP contribution in [0, 0.1) is 0 Å². The Kier molecular flexibility index (Phi) is 5.04. The van der Waals surface area contributed by atoms with Crippen LogP contribution in [0.5, 0.6) is 0 Å². The van der Waals surface area contributed by atoms with E-state index in [1.165, 1.54) is 0 Å². The van der Waals surface area contributed by atoms with Crippen LogP contribution >= 0.6 is 0 Å². The van der Waals surface area contributed by atoms with E-state index in [1.807, 2.05) is 71.8 Å². The van der Waals surface area contributed by atoms with Gasteiger partial charge in [0.25, 0.3) is 5.91 Å². The Morgan fingerprint density at radius 2 is 1.58 bits per heavy atom. The van der Waals surface area contributed by atoms with Crippen molar-refractivity contribution in [1.82, 2.24) is 14.8 Å². The molecule has 1 aliphatic heterocycles. The molecule has 3 heterocycles. The lowest BCUT2D eigenvalue weighted by atomic mass is 10.1. The van der Waals surface area contributed by atoms with Gasteiger partial charge in [-0.1, -0.05) is 48.5 Å². The number of nitrogens with zero attached hydrogens (tertiary/aromatic N) is 2. The molecule has 0 unspecified atom stereocenters. The molecule has 0 bridgehead atoms. The molecule has 1 N–H and O–H groups in total. The molecule has 2 aromatic heterocycles. The van der Waals surface area contributed by atoms with Crippen molar-refractivity contribution in [1.29, 1.82) is 0 Å². The molecule has 0 atom stereocenters. The van der Waals surface area contributed by atoms with Crippen LogP contribution in [0.15, 0.2) is 77.5 Å². The third kappa shape index (κ3) is 3.72. The second-order valence-electron chi connectivity index (χ2n) is 7.74. The van der Waals surface area contributed by atoms with Crippen LogP contribution in [0.2, 0.25) is 0 Å². The number of carbonyl (C=O) groups excluding carboxylic acids is 2. The van der Waals surface area contributed by atoms with Gasteiger partial charge in [0.2, 0.25) is 5.91 Å². The number of amides is 2. The highest BCUT2D eigenvalue weighted by molar-refractivity contribution is 5.98. The summed E-state index contributed by atoms with van der Waals surface area (Å²) < 4.78 is 5.54. The van der Waals surface area contributed by atoms with Gasteiger partial charge in [0, 0.05) is 48.8 Å². The number of aromatic amines is 1. The van der Waals surface area contributed by atoms with E-state index < -0.39 is 0 Å². The van der Waals surface area contributed by atoms with Crippen LogP contribution in [0.3, 0.4) is 0 Å². The Bertz CT molecular complexity index is 1220. The number of piperazine rings is 1. The number of fused-ring (bicyclic) bond motifs is 1. The van der Waals surface area contributed by atoms with Crippen LogP contribution in [0.1, 0.15) is 16.1 Å². The van der Waals surface area contributed by atoms with E-state index in [-0.39, 0.29) is 11.8 Å². The van der Waals surface area contributed by atoms with E-state index in [0.29, 0.717) is 38.4 Å². The van der Waals surface area contributed by atoms with Crippen molar-refractivity contribution in [2.75, 3.05) is 26.2 Å². The predicted molar refractivity (Wildman–Crippen MR) is 119 cm³/mol. The summed E-state index contributed by atoms with van der Waals surface area (Å²) in [5.74, 6) is 0.303. The maximum absolute atomic E-state index is 13.1. The van der Waals surface area contributed by atoms with Gasteiger partial charge in [-0.15, -0.1) is 0 Å². The van der Waals surface area contributed by atoms with Gasteiger partial charge >= 0.3 is 0 Å². The fourth-order valence-corrected chi connectivity index (χ4v) is 4.18. The van der Waals surface area contributed by atoms with Crippen LogP contribution in [-0.2, 0) is 11.2 Å². The monoisotopic (exact) mass is 413 g/mol. The normalized spacial score (nSPS) is 14.2. The van der Waals surface area contributed by atoms with E-state index >= 15 is 0 Å². The first kappa shape index (κ1) is 19.2. The molecule has 0 aliphatic carbocycles. The van der Waals surface area contributed by atoms with Crippen LogP contribution < -0.4 is 0 Å². The van der Waals surface area contributed by atoms with E-state index in [2.05, 4.69) is 4.98 Å². The molecule has 6 heteroatoms. The first-order chi connectivity index (χ1) is 15.2. The number of hydrogen-bond acceptors (Lipinski definition) is 3. The molecule has 0 spiro atoms. The fourth-order valence-electron chi connectivity index (χ4n) is 4.18. The zero-order valence-corrected chi connectivity index (χ0v) is 17.1. The molecular weight excluding hydrogens is 390 g/mol. The Labute approximate surface area is 180 Å². The van der Waals surface area contributed by atoms with Crippen LogP contribution in [-0.4, -0.2) is 52.8 Å². The van der Waals surface area contributed by atoms with Gasteiger partial charge in [-0.05, 0) is 23.3 Å². The van der Waals surface area contributed by atoms with E-state index in [9.17, 15) is 9.59 Å². The van der Waals surface area contributed by atoms with Crippen molar-refractivity contribution in [3.8, 4) is 11.1 Å². The maximum Gasteiger partial charge on any atom is 0.290 e. The number of hydrogen-bond donors (Lipinski definition) is 1. The highest BCUT2D eigenvalue weighted by atomic mass is 16.3. The second kappa shape index (κ2) is 8.14. The Morgan fingerprint density at radius 1 is 0.871 bits per heavy atom. The van der Waals surface area contributed by atoms with Crippen molar-refractivity contribution in [2.24, 2.45) is 0 Å². The van der Waals surface area contributed by atoms with Crippen molar-refractivity contribution < 1.29 is 14.0 Å². The standard InChI is InChI=1S/C25H23N3O3/c29-23(16-19-17-26-22-9-5-4-8-20(19)22)27-11-13-28(14-12-27)25(30)24-21(10-15-31-24)18-6-2-1-3-7-18/h1-10,15,17,26H,11-14,16H2. The van der Waals surface area contributed by atoms with Gasteiger partial charge in [0.15, 0.2) is 5.76 Å². The highest BCUT2D eigenvalue weighted by Crippen LogP contribution is 2.26. The molecular formula is C25H23N3O3. The second-order valence-corrected chi connectivity index (χ2v) is 7.74. The van der Waals surface area contributed by atoms with Gasteiger partial charge in [0.05, 0.1) is 12.7 Å². The van der Waals surface area contributed by atoms with Crippen molar-refractivity contribution in [3.63, 3.8) is 0 Å². The van der Waals surface area contributed by atoms with E-state index in [1.54, 1.807) is 11.2 Å². The van der Waals surface area contributed by atoms with Gasteiger partial charge in [0.1, 0.15) is 0 Å². The van der Waals surface area contributed by atoms with Crippen LogP contribution in [0.25, 0.3) is 22.0 Å². The summed E-state index contributed by atoms with van der Waals surface area (Å²) in [5, 5.41) is 1.08. The minimum Gasteiger partial charge on any atom is -0.459 e. The SMILES string of the molecule is O=C(Cc1c[nH]c2ccccc12)N1CCN(C(=O)c2occc2-c2ccccc2)CC1. The minimum absolute atomic E-state index is 0.0832. The number of H-pyrrole nitrogens is 1. The zero-order valence-electron chi connectivity index (χ0n) is 17.1. The number of aromatic nitrogens is 1. The van der Waals surface area contributed by atoms with Gasteiger partial charge < -0.3 is 19.2 Å². The minimum atomic E-state index is -0.132. The number of carbonyl (C=O) groups is 2. The summed E-state index contributed by atoms with van der Waals surface area (Å²) in [6.45, 7) is 2.03. The summed E-state index contributed by atoms with van der Waals surface area (Å²) in [6.07, 6.45) is 3.81. The van der Waals surface area contributed by atoms with E-state index in [0.717, 1.165) is 27.6 Å². The lowest BCUT2D eigenvalue weighted by molar-refractivity contribution is -0.131. The molecule has 0 radical (unpaired) electrons. The summed E-state index contributed by atoms with van der Waals surface area (Å²) in [6, 6.07) is 19.6. The Hall–Kier alpha value is -3.80. The quantitative estimate of drug-likeness (QED) is 0.551. The number of rotatable bonds is 4. The van der Waals surface area contributed by atoms with Crippen LogP contribution in [0.4, 0.5) is 0 Å². The summed E-state index contributed by atoms with van der Waals surface area (Å²) >= 11 is 0. The largest absolute Gasteiger partial charge is 0.459 e. The first-order valence-electron chi connectivity index (χ1n) is 10.5. The molecule has 2 amide bonds. The molecule has 156 valence electrons.